The van der Waals surface area contributed by atoms with Gasteiger partial charge in [-0.2, -0.15) is 9.78 Å². The van der Waals surface area contributed by atoms with Crippen LogP contribution in [0.2, 0.25) is 0 Å². The lowest BCUT2D eigenvalue weighted by atomic mass is 10.0. The fourth-order valence-corrected chi connectivity index (χ4v) is 8.17. The van der Waals surface area contributed by atoms with Crippen molar-refractivity contribution < 1.29 is 17.9 Å². The minimum Gasteiger partial charge on any atom is -0.492 e. The monoisotopic (exact) mass is 749 g/mol. The van der Waals surface area contributed by atoms with E-state index in [0.29, 0.717) is 45.9 Å². The number of thioether (sulfide) groups is 1. The zero-order valence-corrected chi connectivity index (χ0v) is 31.7. The summed E-state index contributed by atoms with van der Waals surface area (Å²) in [4.78, 5) is 14.4. The zero-order chi connectivity index (χ0) is 37.2. The van der Waals surface area contributed by atoms with Crippen LogP contribution in [0, 0.1) is 13.8 Å². The van der Waals surface area contributed by atoms with Gasteiger partial charge in [0, 0.05) is 22.6 Å². The van der Waals surface area contributed by atoms with Crippen LogP contribution in [-0.4, -0.2) is 50.8 Å². The number of sulfonamides is 1. The fourth-order valence-electron chi connectivity index (χ4n) is 5.90. The van der Waals surface area contributed by atoms with Crippen molar-refractivity contribution in [2.75, 3.05) is 11.3 Å². The summed E-state index contributed by atoms with van der Waals surface area (Å²) in [6.07, 6.45) is 6.64. The minimum absolute atomic E-state index is 0.0753. The van der Waals surface area contributed by atoms with Crippen molar-refractivity contribution in [1.82, 2.24) is 30.0 Å². The lowest BCUT2D eigenvalue weighted by molar-refractivity contribution is 0.103. The number of carbonyl (C=O) groups excluding carboxylic acids is 1. The molecule has 0 aliphatic carbocycles. The van der Waals surface area contributed by atoms with Gasteiger partial charge in [0.1, 0.15) is 16.3 Å². The van der Waals surface area contributed by atoms with Gasteiger partial charge in [-0.1, -0.05) is 93.3 Å². The van der Waals surface area contributed by atoms with Gasteiger partial charge < -0.3 is 4.74 Å². The molecule has 11 nitrogen and oxygen atoms in total. The number of anilines is 1. The van der Waals surface area contributed by atoms with E-state index < -0.39 is 10.0 Å². The molecule has 6 rings (SSSR count). The van der Waals surface area contributed by atoms with Crippen LogP contribution in [0.1, 0.15) is 78.3 Å². The SMILES string of the molecule is CCCCCCCCOc1ccc(C)cc1S(=O)(=O)Nc1ccc(C(=O)c2c(CSc3nnnn3-c3ccccc3)c(C)nn2-c2ccccc2)cc1. The maximum atomic E-state index is 14.4. The van der Waals surface area contributed by atoms with Crippen LogP contribution in [0.25, 0.3) is 11.4 Å². The molecule has 1 N–H and O–H groups in total. The molecule has 0 bridgehead atoms. The molecule has 0 amide bonds. The number of ketones is 1. The van der Waals surface area contributed by atoms with E-state index in [-0.39, 0.29) is 10.7 Å². The van der Waals surface area contributed by atoms with Gasteiger partial charge in [0.25, 0.3) is 10.0 Å². The summed E-state index contributed by atoms with van der Waals surface area (Å²) in [5.74, 6) is 0.437. The lowest BCUT2D eigenvalue weighted by Gasteiger charge is -2.15. The van der Waals surface area contributed by atoms with E-state index in [9.17, 15) is 13.2 Å². The van der Waals surface area contributed by atoms with Crippen molar-refractivity contribution in [1.29, 1.82) is 0 Å². The van der Waals surface area contributed by atoms with E-state index in [0.717, 1.165) is 41.8 Å². The Kier molecular flexibility index (Phi) is 12.4. The third kappa shape index (κ3) is 9.21. The number of tetrazole rings is 1. The van der Waals surface area contributed by atoms with Gasteiger partial charge >= 0.3 is 0 Å². The first-order valence-corrected chi connectivity index (χ1v) is 20.2. The molecular weight excluding hydrogens is 707 g/mol. The number of nitrogens with one attached hydrogen (secondary N) is 1. The Morgan fingerprint density at radius 3 is 2.17 bits per heavy atom. The second-order valence-electron chi connectivity index (χ2n) is 12.7. The molecule has 13 heteroatoms. The van der Waals surface area contributed by atoms with E-state index >= 15 is 0 Å². The summed E-state index contributed by atoms with van der Waals surface area (Å²) in [5.41, 5.74) is 4.90. The van der Waals surface area contributed by atoms with E-state index in [4.69, 9.17) is 9.84 Å². The van der Waals surface area contributed by atoms with E-state index in [1.807, 2.05) is 80.6 Å². The zero-order valence-electron chi connectivity index (χ0n) is 30.1. The Hall–Kier alpha value is -5.27. The van der Waals surface area contributed by atoms with Gasteiger partial charge in [-0.15, -0.1) is 5.10 Å². The van der Waals surface area contributed by atoms with Gasteiger partial charge in [-0.05, 0) is 96.9 Å². The van der Waals surface area contributed by atoms with Crippen molar-refractivity contribution in [2.24, 2.45) is 0 Å². The predicted molar refractivity (Wildman–Crippen MR) is 208 cm³/mol. The maximum Gasteiger partial charge on any atom is 0.265 e. The summed E-state index contributed by atoms with van der Waals surface area (Å²) in [5, 5.41) is 17.6. The van der Waals surface area contributed by atoms with E-state index in [2.05, 4.69) is 27.2 Å². The molecule has 0 aliphatic rings. The molecule has 2 aromatic heterocycles. The highest BCUT2D eigenvalue weighted by Gasteiger charge is 2.26. The van der Waals surface area contributed by atoms with Crippen LogP contribution in [0.3, 0.4) is 0 Å². The molecule has 0 aliphatic heterocycles. The first-order chi connectivity index (χ1) is 25.7. The molecule has 4 aromatic carbocycles. The van der Waals surface area contributed by atoms with Crippen molar-refractivity contribution in [3.8, 4) is 17.1 Å². The van der Waals surface area contributed by atoms with Crippen LogP contribution < -0.4 is 9.46 Å². The average Bonchev–Trinajstić information content (AvgIpc) is 3.78. The number of ether oxygens (including phenoxy) is 1. The highest BCUT2D eigenvalue weighted by atomic mass is 32.2. The number of nitrogens with zero attached hydrogens (tertiary/aromatic N) is 6. The van der Waals surface area contributed by atoms with Crippen molar-refractivity contribution in [3.63, 3.8) is 0 Å². The average molecular weight is 750 g/mol. The second-order valence-corrected chi connectivity index (χ2v) is 15.3. The highest BCUT2D eigenvalue weighted by molar-refractivity contribution is 7.98. The van der Waals surface area contributed by atoms with E-state index in [1.165, 1.54) is 31.0 Å². The molecule has 0 fully saturated rings. The lowest BCUT2D eigenvalue weighted by Crippen LogP contribution is -2.15. The minimum atomic E-state index is -4.00. The van der Waals surface area contributed by atoms with Crippen LogP contribution in [0.15, 0.2) is 113 Å². The number of para-hydroxylation sites is 2. The van der Waals surface area contributed by atoms with Crippen LogP contribution >= 0.6 is 11.8 Å². The molecule has 0 saturated heterocycles. The smallest absolute Gasteiger partial charge is 0.265 e. The number of hydrogen-bond donors (Lipinski definition) is 1. The van der Waals surface area contributed by atoms with Gasteiger partial charge in [0.15, 0.2) is 0 Å². The van der Waals surface area contributed by atoms with Crippen LogP contribution in [0.5, 0.6) is 5.75 Å². The topological polar surface area (TPSA) is 134 Å². The third-order valence-electron chi connectivity index (χ3n) is 8.73. The molecule has 0 saturated carbocycles. The summed E-state index contributed by atoms with van der Waals surface area (Å²) in [7, 11) is -4.00. The molecule has 6 aromatic rings. The number of hydrogen-bond acceptors (Lipinski definition) is 9. The van der Waals surface area contributed by atoms with Crippen molar-refractivity contribution in [3.05, 3.63) is 131 Å². The fraction of sp³-hybridized carbons (Fsp3) is 0.275. The molecule has 274 valence electrons. The highest BCUT2D eigenvalue weighted by Crippen LogP contribution is 2.31. The molecule has 0 spiro atoms. The van der Waals surface area contributed by atoms with Crippen molar-refractivity contribution in [2.45, 2.75) is 75.1 Å². The Bertz CT molecular complexity index is 2240. The maximum absolute atomic E-state index is 14.4. The van der Waals surface area contributed by atoms with Gasteiger partial charge in [0.2, 0.25) is 10.9 Å². The largest absolute Gasteiger partial charge is 0.492 e. The Balaban J connectivity index is 1.22. The Labute approximate surface area is 314 Å². The molecule has 2 heterocycles. The quantitative estimate of drug-likeness (QED) is 0.0521. The van der Waals surface area contributed by atoms with Gasteiger partial charge in [-0.25, -0.2) is 13.1 Å². The summed E-state index contributed by atoms with van der Waals surface area (Å²) in [6, 6.07) is 30.7. The normalized spacial score (nSPS) is 11.5. The standard InChI is InChI=1S/C40H43N7O4S2/c1-4-5-6-7-8-15-26-51-36-25-20-29(2)27-37(36)53(49,50)43-32-23-21-31(22-24-32)39(48)38-35(30(3)42-46(38)33-16-11-9-12-17-33)28-52-40-41-44-45-47(40)34-18-13-10-14-19-34/h9-14,16-25,27,43H,4-8,15,26,28H2,1-3H3. The Morgan fingerprint density at radius 1 is 0.811 bits per heavy atom. The van der Waals surface area contributed by atoms with Crippen molar-refractivity contribution >= 4 is 33.3 Å². The van der Waals surface area contributed by atoms with Crippen LogP contribution in [0.4, 0.5) is 5.69 Å². The molecule has 0 radical (unpaired) electrons. The molecule has 53 heavy (non-hydrogen) atoms. The first-order valence-electron chi connectivity index (χ1n) is 17.8. The molecular formula is C40H43N7O4S2. The molecule has 0 unspecified atom stereocenters. The number of unbranched alkanes of at least 4 members (excludes halogenated alkanes) is 5. The predicted octanol–water partition coefficient (Wildman–Crippen LogP) is 8.53. The summed E-state index contributed by atoms with van der Waals surface area (Å²) < 4.78 is 39.3. The second kappa shape index (κ2) is 17.5. The Morgan fingerprint density at radius 2 is 1.47 bits per heavy atom. The van der Waals surface area contributed by atoms with Gasteiger partial charge in [0.05, 0.1) is 23.7 Å². The third-order valence-corrected chi connectivity index (χ3v) is 11.1. The summed E-state index contributed by atoms with van der Waals surface area (Å²) in [6.45, 7) is 6.35. The number of carbonyl (C=O) groups is 1. The van der Waals surface area contributed by atoms with Gasteiger partial charge in [-0.3, -0.25) is 9.52 Å². The number of aromatic nitrogens is 6. The number of benzene rings is 4. The summed E-state index contributed by atoms with van der Waals surface area (Å²) >= 11 is 1.40. The number of aryl methyl sites for hydroxylation is 2. The first kappa shape index (κ1) is 37.5. The molecule has 0 atom stereocenters. The van der Waals surface area contributed by atoms with Crippen LogP contribution in [-0.2, 0) is 15.8 Å². The number of rotatable bonds is 18. The van der Waals surface area contributed by atoms with E-state index in [1.54, 1.807) is 45.8 Å².